The summed E-state index contributed by atoms with van der Waals surface area (Å²) in [5.41, 5.74) is 2.04. The molecule has 2 N–H and O–H groups in total. The number of amides is 1. The number of hydrogen-bond acceptors (Lipinski definition) is 4. The maximum absolute atomic E-state index is 12.4. The first-order chi connectivity index (χ1) is 11.7. The highest BCUT2D eigenvalue weighted by Gasteiger charge is 2.20. The molecule has 1 aliphatic carbocycles. The average Bonchev–Trinajstić information content (AvgIpc) is 2.64. The summed E-state index contributed by atoms with van der Waals surface area (Å²) < 4.78 is 5.38. The van der Waals surface area contributed by atoms with E-state index in [-0.39, 0.29) is 11.9 Å². The maximum atomic E-state index is 12.4. The van der Waals surface area contributed by atoms with Crippen molar-refractivity contribution in [3.8, 4) is 0 Å². The van der Waals surface area contributed by atoms with E-state index in [1.54, 1.807) is 0 Å². The van der Waals surface area contributed by atoms with Gasteiger partial charge >= 0.3 is 0 Å². The number of ether oxygens (including phenoxy) is 1. The van der Waals surface area contributed by atoms with Crippen molar-refractivity contribution >= 4 is 17.3 Å². The Hall–Kier alpha value is -1.59. The van der Waals surface area contributed by atoms with Gasteiger partial charge in [-0.3, -0.25) is 4.79 Å². The first kappa shape index (κ1) is 17.2. The highest BCUT2D eigenvalue weighted by molar-refractivity contribution is 5.94. The lowest BCUT2D eigenvalue weighted by Gasteiger charge is -2.29. The molecule has 0 bridgehead atoms. The molecule has 0 radical (unpaired) electrons. The summed E-state index contributed by atoms with van der Waals surface area (Å²) in [5, 5.41) is 6.48. The van der Waals surface area contributed by atoms with Gasteiger partial charge in [-0.15, -0.1) is 0 Å². The predicted octanol–water partition coefficient (Wildman–Crippen LogP) is 2.77. The first-order valence-electron chi connectivity index (χ1n) is 9.22. The third-order valence-electron chi connectivity index (χ3n) is 5.00. The van der Waals surface area contributed by atoms with Gasteiger partial charge in [0.25, 0.3) is 0 Å². The van der Waals surface area contributed by atoms with Gasteiger partial charge in [0, 0.05) is 30.5 Å². The number of carbonyl (C=O) groups excluding carboxylic acids is 1. The molecule has 1 aromatic carbocycles. The lowest BCUT2D eigenvalue weighted by molar-refractivity contribution is -0.118. The number of nitrogens with zero attached hydrogens (tertiary/aromatic N) is 1. The Morgan fingerprint density at radius 1 is 1.12 bits per heavy atom. The highest BCUT2D eigenvalue weighted by atomic mass is 16.5. The van der Waals surface area contributed by atoms with Gasteiger partial charge in [-0.1, -0.05) is 19.3 Å². The second-order valence-corrected chi connectivity index (χ2v) is 6.86. The SMILES string of the molecule is CC(NC1CCCCC1)C(=O)Nc1ccc(N2CCOCC2)cc1. The van der Waals surface area contributed by atoms with E-state index >= 15 is 0 Å². The maximum Gasteiger partial charge on any atom is 0.241 e. The number of rotatable bonds is 5. The van der Waals surface area contributed by atoms with E-state index in [9.17, 15) is 4.79 Å². The molecule has 1 saturated heterocycles. The molecule has 2 fully saturated rings. The van der Waals surface area contributed by atoms with E-state index in [1.165, 1.54) is 37.8 Å². The van der Waals surface area contributed by atoms with Gasteiger partial charge in [0.1, 0.15) is 0 Å². The quantitative estimate of drug-likeness (QED) is 0.871. The highest BCUT2D eigenvalue weighted by Crippen LogP contribution is 2.20. The van der Waals surface area contributed by atoms with Crippen molar-refractivity contribution < 1.29 is 9.53 Å². The van der Waals surface area contributed by atoms with Gasteiger partial charge in [-0.2, -0.15) is 0 Å². The summed E-state index contributed by atoms with van der Waals surface area (Å²) in [7, 11) is 0. The number of benzene rings is 1. The summed E-state index contributed by atoms with van der Waals surface area (Å²) in [6.45, 7) is 5.36. The fourth-order valence-corrected chi connectivity index (χ4v) is 3.53. The van der Waals surface area contributed by atoms with E-state index in [0.717, 1.165) is 32.0 Å². The second kappa shape index (κ2) is 8.49. The summed E-state index contributed by atoms with van der Waals surface area (Å²) in [5.74, 6) is 0.0414. The molecule has 132 valence electrons. The zero-order chi connectivity index (χ0) is 16.8. The minimum Gasteiger partial charge on any atom is -0.378 e. The zero-order valence-electron chi connectivity index (χ0n) is 14.6. The van der Waals surface area contributed by atoms with Crippen molar-refractivity contribution in [2.45, 2.75) is 51.1 Å². The van der Waals surface area contributed by atoms with Crippen LogP contribution < -0.4 is 15.5 Å². The van der Waals surface area contributed by atoms with Gasteiger partial charge in [-0.25, -0.2) is 0 Å². The Bertz CT molecular complexity index is 520. The van der Waals surface area contributed by atoms with Crippen LogP contribution in [0.15, 0.2) is 24.3 Å². The van der Waals surface area contributed by atoms with Crippen molar-refractivity contribution in [2.75, 3.05) is 36.5 Å². The van der Waals surface area contributed by atoms with Crippen LogP contribution in [0, 0.1) is 0 Å². The fraction of sp³-hybridized carbons (Fsp3) is 0.632. The minimum absolute atomic E-state index is 0.0414. The van der Waals surface area contributed by atoms with Gasteiger partial charge in [0.15, 0.2) is 0 Å². The van der Waals surface area contributed by atoms with Crippen molar-refractivity contribution in [3.05, 3.63) is 24.3 Å². The molecule has 3 rings (SSSR count). The van der Waals surface area contributed by atoms with Gasteiger partial charge < -0.3 is 20.3 Å². The van der Waals surface area contributed by atoms with E-state index in [2.05, 4.69) is 27.7 Å². The van der Waals surface area contributed by atoms with Crippen LogP contribution in [0.25, 0.3) is 0 Å². The molecule has 0 spiro atoms. The van der Waals surface area contributed by atoms with Crippen molar-refractivity contribution in [2.24, 2.45) is 0 Å². The molecule has 5 nitrogen and oxygen atoms in total. The minimum atomic E-state index is -0.160. The van der Waals surface area contributed by atoms with Crippen LogP contribution in [0.3, 0.4) is 0 Å². The monoisotopic (exact) mass is 331 g/mol. The van der Waals surface area contributed by atoms with Crippen molar-refractivity contribution in [1.82, 2.24) is 5.32 Å². The molecule has 24 heavy (non-hydrogen) atoms. The number of hydrogen-bond donors (Lipinski definition) is 2. The molecular formula is C19H29N3O2. The van der Waals surface area contributed by atoms with Crippen LogP contribution in [0.4, 0.5) is 11.4 Å². The molecule has 5 heteroatoms. The van der Waals surface area contributed by atoms with Crippen LogP contribution in [0.2, 0.25) is 0 Å². The number of anilines is 2. The van der Waals surface area contributed by atoms with Crippen LogP contribution >= 0.6 is 0 Å². The Balaban J connectivity index is 1.50. The van der Waals surface area contributed by atoms with Crippen LogP contribution in [0.1, 0.15) is 39.0 Å². The smallest absolute Gasteiger partial charge is 0.241 e. The van der Waals surface area contributed by atoms with E-state index in [1.807, 2.05) is 19.1 Å². The summed E-state index contributed by atoms with van der Waals surface area (Å²) in [6, 6.07) is 8.43. The summed E-state index contributed by atoms with van der Waals surface area (Å²) >= 11 is 0. The standard InChI is InChI=1S/C19H29N3O2/c1-15(20-16-5-3-2-4-6-16)19(23)21-17-7-9-18(10-8-17)22-11-13-24-14-12-22/h7-10,15-16,20H,2-6,11-14H2,1H3,(H,21,23). The molecule has 1 aliphatic heterocycles. The van der Waals surface area contributed by atoms with Crippen LogP contribution in [-0.4, -0.2) is 44.3 Å². The molecule has 1 atom stereocenters. The number of carbonyl (C=O) groups is 1. The predicted molar refractivity (Wildman–Crippen MR) is 97.6 cm³/mol. The molecule has 0 aromatic heterocycles. The molecule has 2 aliphatic rings. The molecule has 1 unspecified atom stereocenters. The average molecular weight is 331 g/mol. The molecule has 1 amide bonds. The van der Waals surface area contributed by atoms with Crippen LogP contribution in [-0.2, 0) is 9.53 Å². The fourth-order valence-electron chi connectivity index (χ4n) is 3.53. The third kappa shape index (κ3) is 4.71. The Morgan fingerprint density at radius 2 is 1.79 bits per heavy atom. The van der Waals surface area contributed by atoms with Gasteiger partial charge in [0.2, 0.25) is 5.91 Å². The Morgan fingerprint density at radius 3 is 2.46 bits per heavy atom. The Kier molecular flexibility index (Phi) is 6.10. The normalized spacial score (nSPS) is 20.6. The van der Waals surface area contributed by atoms with Gasteiger partial charge in [0.05, 0.1) is 19.3 Å². The lowest BCUT2D eigenvalue weighted by Crippen LogP contribution is -2.44. The Labute approximate surface area is 144 Å². The topological polar surface area (TPSA) is 53.6 Å². The largest absolute Gasteiger partial charge is 0.378 e. The van der Waals surface area contributed by atoms with E-state index < -0.39 is 0 Å². The van der Waals surface area contributed by atoms with Crippen molar-refractivity contribution in [3.63, 3.8) is 0 Å². The zero-order valence-corrected chi connectivity index (χ0v) is 14.6. The summed E-state index contributed by atoms with van der Waals surface area (Å²) in [6.07, 6.45) is 6.25. The molecule has 1 aromatic rings. The number of morpholine rings is 1. The molecular weight excluding hydrogens is 302 g/mol. The van der Waals surface area contributed by atoms with Gasteiger partial charge in [-0.05, 0) is 44.0 Å². The molecule has 1 saturated carbocycles. The lowest BCUT2D eigenvalue weighted by atomic mass is 9.95. The van der Waals surface area contributed by atoms with E-state index in [4.69, 9.17) is 4.74 Å². The number of nitrogens with one attached hydrogen (secondary N) is 2. The second-order valence-electron chi connectivity index (χ2n) is 6.86. The van der Waals surface area contributed by atoms with E-state index in [0.29, 0.717) is 6.04 Å². The first-order valence-corrected chi connectivity index (χ1v) is 9.22. The van der Waals surface area contributed by atoms with Crippen molar-refractivity contribution in [1.29, 1.82) is 0 Å². The van der Waals surface area contributed by atoms with Crippen LogP contribution in [0.5, 0.6) is 0 Å². The molecule has 1 heterocycles. The summed E-state index contributed by atoms with van der Waals surface area (Å²) in [4.78, 5) is 14.7. The third-order valence-corrected chi connectivity index (χ3v) is 5.00.